The van der Waals surface area contributed by atoms with E-state index in [-0.39, 0.29) is 6.61 Å². The molecule has 0 aliphatic rings. The number of rotatable bonds is 6. The molecule has 0 unspecified atom stereocenters. The lowest BCUT2D eigenvalue weighted by atomic mass is 9.99. The van der Waals surface area contributed by atoms with Gasteiger partial charge < -0.3 is 4.74 Å². The fraction of sp³-hybridized carbons (Fsp3) is 0.267. The SMILES string of the molecule is CCOC(=O)[C@H](C(C)=O)C(=O)/C=C\c1ccccc1. The van der Waals surface area contributed by atoms with Crippen LogP contribution in [0.3, 0.4) is 0 Å². The lowest BCUT2D eigenvalue weighted by Crippen LogP contribution is -2.30. The summed E-state index contributed by atoms with van der Waals surface area (Å²) in [5, 5.41) is 0. The number of ether oxygens (including phenoxy) is 1. The van der Waals surface area contributed by atoms with Crippen LogP contribution in [0.2, 0.25) is 0 Å². The Kier molecular flexibility index (Phi) is 5.67. The highest BCUT2D eigenvalue weighted by molar-refractivity contribution is 6.20. The Morgan fingerprint density at radius 1 is 1.21 bits per heavy atom. The van der Waals surface area contributed by atoms with Crippen molar-refractivity contribution in [3.63, 3.8) is 0 Å². The molecule has 1 aromatic rings. The van der Waals surface area contributed by atoms with E-state index in [1.165, 1.54) is 13.0 Å². The molecule has 0 spiro atoms. The molecule has 4 heteroatoms. The maximum Gasteiger partial charge on any atom is 0.324 e. The third-order valence-corrected chi connectivity index (χ3v) is 2.45. The van der Waals surface area contributed by atoms with Crippen molar-refractivity contribution in [2.75, 3.05) is 6.61 Å². The number of ketones is 2. The Bertz CT molecular complexity index is 488. The van der Waals surface area contributed by atoms with Gasteiger partial charge in [-0.1, -0.05) is 36.4 Å². The van der Waals surface area contributed by atoms with Crippen molar-refractivity contribution in [2.45, 2.75) is 13.8 Å². The summed E-state index contributed by atoms with van der Waals surface area (Å²) >= 11 is 0. The summed E-state index contributed by atoms with van der Waals surface area (Å²) in [6.07, 6.45) is 2.80. The van der Waals surface area contributed by atoms with Crippen LogP contribution >= 0.6 is 0 Å². The Morgan fingerprint density at radius 2 is 1.84 bits per heavy atom. The predicted molar refractivity (Wildman–Crippen MR) is 71.3 cm³/mol. The minimum absolute atomic E-state index is 0.137. The second-order valence-corrected chi connectivity index (χ2v) is 3.94. The highest BCUT2D eigenvalue weighted by Crippen LogP contribution is 2.08. The van der Waals surface area contributed by atoms with E-state index in [2.05, 4.69) is 0 Å². The molecule has 0 aliphatic carbocycles. The van der Waals surface area contributed by atoms with Crippen molar-refractivity contribution in [1.29, 1.82) is 0 Å². The normalized spacial score (nSPS) is 12.1. The van der Waals surface area contributed by atoms with E-state index in [0.29, 0.717) is 0 Å². The number of carbonyl (C=O) groups excluding carboxylic acids is 3. The first kappa shape index (κ1) is 14.8. The minimum atomic E-state index is -1.36. The number of esters is 1. The maximum atomic E-state index is 11.9. The van der Waals surface area contributed by atoms with Crippen molar-refractivity contribution in [1.82, 2.24) is 0 Å². The highest BCUT2D eigenvalue weighted by atomic mass is 16.5. The van der Waals surface area contributed by atoms with Crippen molar-refractivity contribution in [3.8, 4) is 0 Å². The number of benzene rings is 1. The first-order valence-electron chi connectivity index (χ1n) is 6.00. The van der Waals surface area contributed by atoms with Crippen LogP contribution in [-0.2, 0) is 19.1 Å². The zero-order chi connectivity index (χ0) is 14.3. The van der Waals surface area contributed by atoms with Crippen LogP contribution in [0.15, 0.2) is 36.4 Å². The monoisotopic (exact) mass is 260 g/mol. The first-order valence-corrected chi connectivity index (χ1v) is 6.00. The second-order valence-electron chi connectivity index (χ2n) is 3.94. The van der Waals surface area contributed by atoms with Crippen molar-refractivity contribution < 1.29 is 19.1 Å². The average Bonchev–Trinajstić information content (AvgIpc) is 2.37. The minimum Gasteiger partial charge on any atom is -0.465 e. The van der Waals surface area contributed by atoms with E-state index in [1.54, 1.807) is 13.0 Å². The molecule has 1 rings (SSSR count). The van der Waals surface area contributed by atoms with Gasteiger partial charge in [0, 0.05) is 0 Å². The molecule has 1 aromatic carbocycles. The molecule has 100 valence electrons. The molecule has 0 saturated heterocycles. The molecule has 1 atom stereocenters. The zero-order valence-corrected chi connectivity index (χ0v) is 11.0. The summed E-state index contributed by atoms with van der Waals surface area (Å²) in [6.45, 7) is 2.97. The molecule has 0 radical (unpaired) electrons. The van der Waals surface area contributed by atoms with Gasteiger partial charge in [0.25, 0.3) is 0 Å². The van der Waals surface area contributed by atoms with E-state index >= 15 is 0 Å². The van der Waals surface area contributed by atoms with Crippen molar-refractivity contribution >= 4 is 23.6 Å². The molecule has 0 fully saturated rings. The molecule has 0 bridgehead atoms. The number of hydrogen-bond donors (Lipinski definition) is 0. The molecular weight excluding hydrogens is 244 g/mol. The number of Topliss-reactive ketones (excluding diaryl/α,β-unsaturated/α-hetero) is 1. The number of allylic oxidation sites excluding steroid dienone is 1. The van der Waals surface area contributed by atoms with Gasteiger partial charge in [0.1, 0.15) is 0 Å². The van der Waals surface area contributed by atoms with Crippen molar-refractivity contribution in [2.24, 2.45) is 5.92 Å². The van der Waals surface area contributed by atoms with Crippen LogP contribution in [0.1, 0.15) is 19.4 Å². The van der Waals surface area contributed by atoms with Gasteiger partial charge >= 0.3 is 5.97 Å². The van der Waals surface area contributed by atoms with E-state index in [4.69, 9.17) is 4.74 Å². The van der Waals surface area contributed by atoms with Gasteiger partial charge in [0.15, 0.2) is 17.5 Å². The Labute approximate surface area is 112 Å². The summed E-state index contributed by atoms with van der Waals surface area (Å²) < 4.78 is 4.72. The Hall–Kier alpha value is -2.23. The third kappa shape index (κ3) is 4.50. The fourth-order valence-corrected chi connectivity index (χ4v) is 1.55. The standard InChI is InChI=1S/C15H16O4/c1-3-19-15(18)14(11(2)16)13(17)10-9-12-7-5-4-6-8-12/h4-10,14H,3H2,1-2H3/b10-9-/t14-/m1/s1. The molecule has 19 heavy (non-hydrogen) atoms. The van der Waals surface area contributed by atoms with E-state index in [1.807, 2.05) is 30.3 Å². The topological polar surface area (TPSA) is 60.4 Å². The van der Waals surface area contributed by atoms with Gasteiger partial charge in [-0.25, -0.2) is 0 Å². The van der Waals surface area contributed by atoms with Gasteiger partial charge in [-0.2, -0.15) is 0 Å². The zero-order valence-electron chi connectivity index (χ0n) is 11.0. The van der Waals surface area contributed by atoms with Gasteiger partial charge in [-0.3, -0.25) is 14.4 Å². The fourth-order valence-electron chi connectivity index (χ4n) is 1.55. The highest BCUT2D eigenvalue weighted by Gasteiger charge is 2.30. The lowest BCUT2D eigenvalue weighted by Gasteiger charge is -2.08. The van der Waals surface area contributed by atoms with E-state index < -0.39 is 23.5 Å². The molecule has 4 nitrogen and oxygen atoms in total. The molecule has 0 aliphatic heterocycles. The van der Waals surface area contributed by atoms with Crippen molar-refractivity contribution in [3.05, 3.63) is 42.0 Å². The lowest BCUT2D eigenvalue weighted by molar-refractivity contribution is -0.153. The Balaban J connectivity index is 2.81. The molecule has 0 N–H and O–H groups in total. The predicted octanol–water partition coefficient (Wildman–Crippen LogP) is 2.04. The molecule has 0 aromatic heterocycles. The quantitative estimate of drug-likeness (QED) is 0.446. The average molecular weight is 260 g/mol. The summed E-state index contributed by atoms with van der Waals surface area (Å²) in [5.74, 6) is -3.23. The summed E-state index contributed by atoms with van der Waals surface area (Å²) in [5.41, 5.74) is 0.821. The number of carbonyl (C=O) groups is 3. The van der Waals surface area contributed by atoms with Gasteiger partial charge in [0.2, 0.25) is 0 Å². The maximum absolute atomic E-state index is 11.9. The van der Waals surface area contributed by atoms with Gasteiger partial charge in [-0.15, -0.1) is 0 Å². The molecular formula is C15H16O4. The first-order chi connectivity index (χ1) is 9.06. The van der Waals surface area contributed by atoms with Crippen LogP contribution in [0.5, 0.6) is 0 Å². The summed E-state index contributed by atoms with van der Waals surface area (Å²) in [4.78, 5) is 34.8. The summed E-state index contributed by atoms with van der Waals surface area (Å²) in [7, 11) is 0. The van der Waals surface area contributed by atoms with E-state index in [9.17, 15) is 14.4 Å². The van der Waals surface area contributed by atoms with Gasteiger partial charge in [0.05, 0.1) is 6.61 Å². The van der Waals surface area contributed by atoms with Crippen LogP contribution in [0.4, 0.5) is 0 Å². The Morgan fingerprint density at radius 3 is 2.37 bits per heavy atom. The van der Waals surface area contributed by atoms with Gasteiger partial charge in [-0.05, 0) is 25.5 Å². The van der Waals surface area contributed by atoms with Crippen LogP contribution in [-0.4, -0.2) is 24.1 Å². The molecule has 0 saturated carbocycles. The largest absolute Gasteiger partial charge is 0.465 e. The molecule has 0 amide bonds. The second kappa shape index (κ2) is 7.26. The van der Waals surface area contributed by atoms with Crippen LogP contribution < -0.4 is 0 Å². The molecule has 0 heterocycles. The van der Waals surface area contributed by atoms with E-state index in [0.717, 1.165) is 5.56 Å². The number of hydrogen-bond acceptors (Lipinski definition) is 4. The summed E-state index contributed by atoms with van der Waals surface area (Å²) in [6, 6.07) is 9.15. The van der Waals surface area contributed by atoms with Crippen LogP contribution in [0.25, 0.3) is 6.08 Å². The van der Waals surface area contributed by atoms with Crippen LogP contribution in [0, 0.1) is 5.92 Å². The third-order valence-electron chi connectivity index (χ3n) is 2.45. The smallest absolute Gasteiger partial charge is 0.324 e.